The van der Waals surface area contributed by atoms with Crippen LogP contribution in [0.5, 0.6) is 0 Å². The summed E-state index contributed by atoms with van der Waals surface area (Å²) >= 11 is 5.87. The zero-order chi connectivity index (χ0) is 14.8. The van der Waals surface area contributed by atoms with E-state index in [1.165, 1.54) is 19.3 Å². The minimum Gasteiger partial charge on any atom is -0.368 e. The summed E-state index contributed by atoms with van der Waals surface area (Å²) in [6, 6.07) is 0.917. The molecule has 1 fully saturated rings. The van der Waals surface area contributed by atoms with E-state index in [-0.39, 0.29) is 10.4 Å². The lowest BCUT2D eigenvalue weighted by atomic mass is 9.76. The number of halogens is 4. The van der Waals surface area contributed by atoms with Crippen molar-refractivity contribution in [3.8, 4) is 0 Å². The van der Waals surface area contributed by atoms with Gasteiger partial charge in [0.25, 0.3) is 0 Å². The van der Waals surface area contributed by atoms with Crippen LogP contribution in [0.3, 0.4) is 0 Å². The lowest BCUT2D eigenvalue weighted by Crippen LogP contribution is -2.29. The third kappa shape index (κ3) is 3.78. The van der Waals surface area contributed by atoms with E-state index in [2.05, 4.69) is 17.2 Å². The van der Waals surface area contributed by atoms with E-state index in [1.54, 1.807) is 0 Å². The molecule has 0 atom stereocenters. The van der Waals surface area contributed by atoms with Crippen molar-refractivity contribution in [1.29, 1.82) is 0 Å². The van der Waals surface area contributed by atoms with Crippen molar-refractivity contribution < 1.29 is 13.2 Å². The molecule has 0 saturated heterocycles. The highest BCUT2D eigenvalue weighted by Gasteiger charge is 2.32. The quantitative estimate of drug-likeness (QED) is 0.836. The highest BCUT2D eigenvalue weighted by molar-refractivity contribution is 6.32. The minimum atomic E-state index is -4.41. The third-order valence-electron chi connectivity index (χ3n) is 3.91. The topological polar surface area (TPSA) is 24.9 Å². The Bertz CT molecular complexity index is 468. The maximum atomic E-state index is 12.5. The summed E-state index contributed by atoms with van der Waals surface area (Å²) in [4.78, 5) is 3.80. The molecular formula is C14H18ClF3N2. The molecule has 0 unspecified atom stereocenters. The molecule has 20 heavy (non-hydrogen) atoms. The molecule has 1 N–H and O–H groups in total. The lowest BCUT2D eigenvalue weighted by Gasteiger charge is -2.33. The van der Waals surface area contributed by atoms with Gasteiger partial charge < -0.3 is 5.32 Å². The summed E-state index contributed by atoms with van der Waals surface area (Å²) in [6.45, 7) is 2.88. The van der Waals surface area contributed by atoms with Gasteiger partial charge in [0.15, 0.2) is 0 Å². The Morgan fingerprint density at radius 1 is 1.30 bits per heavy atom. The summed E-state index contributed by atoms with van der Waals surface area (Å²) in [5.74, 6) is 0.325. The van der Waals surface area contributed by atoms with Crippen LogP contribution in [-0.2, 0) is 6.18 Å². The molecule has 0 aliphatic heterocycles. The Hall–Kier alpha value is -0.970. The van der Waals surface area contributed by atoms with E-state index in [0.29, 0.717) is 12.4 Å². The van der Waals surface area contributed by atoms with Gasteiger partial charge in [-0.25, -0.2) is 4.98 Å². The molecular weight excluding hydrogens is 289 g/mol. The molecule has 1 saturated carbocycles. The molecule has 112 valence electrons. The maximum absolute atomic E-state index is 12.5. The van der Waals surface area contributed by atoms with Crippen molar-refractivity contribution in [2.75, 3.05) is 11.9 Å². The van der Waals surface area contributed by atoms with Crippen molar-refractivity contribution in [1.82, 2.24) is 4.98 Å². The number of nitrogens with zero attached hydrogens (tertiary/aromatic N) is 1. The molecule has 1 aromatic rings. The first-order valence-corrected chi connectivity index (χ1v) is 7.15. The summed E-state index contributed by atoms with van der Waals surface area (Å²) in [5.41, 5.74) is -0.650. The monoisotopic (exact) mass is 306 g/mol. The van der Waals surface area contributed by atoms with E-state index in [1.807, 2.05) is 0 Å². The van der Waals surface area contributed by atoms with Gasteiger partial charge in [0.05, 0.1) is 10.6 Å². The SMILES string of the molecule is CC1(CNc2ncc(C(F)(F)F)cc2Cl)CCCCC1. The fourth-order valence-electron chi connectivity index (χ4n) is 2.60. The average molecular weight is 307 g/mol. The fourth-order valence-corrected chi connectivity index (χ4v) is 2.84. The molecule has 1 aliphatic rings. The number of anilines is 1. The third-order valence-corrected chi connectivity index (χ3v) is 4.20. The van der Waals surface area contributed by atoms with Crippen LogP contribution in [-0.4, -0.2) is 11.5 Å². The lowest BCUT2D eigenvalue weighted by molar-refractivity contribution is -0.137. The van der Waals surface area contributed by atoms with Crippen molar-refractivity contribution in [3.05, 3.63) is 22.8 Å². The normalized spacial score (nSPS) is 18.9. The van der Waals surface area contributed by atoms with Crippen LogP contribution in [0, 0.1) is 5.41 Å². The van der Waals surface area contributed by atoms with Gasteiger partial charge in [-0.2, -0.15) is 13.2 Å². The number of pyridine rings is 1. The Kier molecular flexibility index (Phi) is 4.47. The van der Waals surface area contributed by atoms with Gasteiger partial charge in [-0.15, -0.1) is 0 Å². The molecule has 0 spiro atoms. The van der Waals surface area contributed by atoms with Crippen molar-refractivity contribution in [3.63, 3.8) is 0 Å². The fraction of sp³-hybridized carbons (Fsp3) is 0.643. The molecule has 0 amide bonds. The number of rotatable bonds is 3. The Morgan fingerprint density at radius 3 is 2.50 bits per heavy atom. The molecule has 2 rings (SSSR count). The van der Waals surface area contributed by atoms with Gasteiger partial charge in [0.2, 0.25) is 0 Å². The first-order chi connectivity index (χ1) is 9.30. The zero-order valence-corrected chi connectivity index (χ0v) is 12.1. The van der Waals surface area contributed by atoms with Gasteiger partial charge in [-0.3, -0.25) is 0 Å². The minimum absolute atomic E-state index is 0.0132. The molecule has 0 bridgehead atoms. The molecule has 1 heterocycles. The summed E-state index contributed by atoms with van der Waals surface area (Å²) in [7, 11) is 0. The molecule has 1 aromatic heterocycles. The van der Waals surface area contributed by atoms with E-state index < -0.39 is 11.7 Å². The highest BCUT2D eigenvalue weighted by Crippen LogP contribution is 2.37. The standard InChI is InChI=1S/C14H18ClF3N2/c1-13(5-3-2-4-6-13)9-20-12-11(15)7-10(8-19-12)14(16,17)18/h7-8H,2-6,9H2,1H3,(H,19,20). The molecule has 1 aliphatic carbocycles. The first-order valence-electron chi connectivity index (χ1n) is 6.77. The predicted molar refractivity (Wildman–Crippen MR) is 73.9 cm³/mol. The number of hydrogen-bond acceptors (Lipinski definition) is 2. The average Bonchev–Trinajstić information content (AvgIpc) is 2.37. The number of hydrogen-bond donors (Lipinski definition) is 1. The van der Waals surface area contributed by atoms with Gasteiger partial charge in [-0.1, -0.05) is 37.8 Å². The van der Waals surface area contributed by atoms with Gasteiger partial charge in [0, 0.05) is 12.7 Å². The summed E-state index contributed by atoms with van der Waals surface area (Å²) < 4.78 is 37.6. The molecule has 0 aromatic carbocycles. The van der Waals surface area contributed by atoms with Crippen LogP contribution >= 0.6 is 11.6 Å². The van der Waals surface area contributed by atoms with E-state index >= 15 is 0 Å². The van der Waals surface area contributed by atoms with Gasteiger partial charge >= 0.3 is 6.18 Å². The van der Waals surface area contributed by atoms with Crippen LogP contribution in [0.15, 0.2) is 12.3 Å². The molecule has 0 radical (unpaired) electrons. The predicted octanol–water partition coefficient (Wildman–Crippen LogP) is 5.14. The van der Waals surface area contributed by atoms with Crippen LogP contribution in [0.1, 0.15) is 44.6 Å². The Balaban J connectivity index is 2.03. The summed E-state index contributed by atoms with van der Waals surface area (Å²) in [6.07, 6.45) is 2.31. The molecule has 6 heteroatoms. The second-order valence-electron chi connectivity index (χ2n) is 5.78. The number of nitrogens with one attached hydrogen (secondary N) is 1. The summed E-state index contributed by atoms with van der Waals surface area (Å²) in [5, 5.41) is 3.10. The largest absolute Gasteiger partial charge is 0.417 e. The van der Waals surface area contributed by atoms with E-state index in [4.69, 9.17) is 11.6 Å². The second kappa shape index (κ2) is 5.80. The van der Waals surface area contributed by atoms with Gasteiger partial charge in [-0.05, 0) is 24.3 Å². The van der Waals surface area contributed by atoms with E-state index in [9.17, 15) is 13.2 Å². The molecule has 2 nitrogen and oxygen atoms in total. The van der Waals surface area contributed by atoms with Crippen LogP contribution in [0.2, 0.25) is 5.02 Å². The van der Waals surface area contributed by atoms with Crippen LogP contribution in [0.4, 0.5) is 19.0 Å². The van der Waals surface area contributed by atoms with Crippen molar-refractivity contribution in [2.24, 2.45) is 5.41 Å². The Labute approximate surface area is 121 Å². The smallest absolute Gasteiger partial charge is 0.368 e. The number of aromatic nitrogens is 1. The first kappa shape index (κ1) is 15.4. The van der Waals surface area contributed by atoms with E-state index in [0.717, 1.165) is 25.1 Å². The maximum Gasteiger partial charge on any atom is 0.417 e. The number of alkyl halides is 3. The Morgan fingerprint density at radius 2 is 1.95 bits per heavy atom. The van der Waals surface area contributed by atoms with Crippen LogP contribution in [0.25, 0.3) is 0 Å². The van der Waals surface area contributed by atoms with Crippen LogP contribution < -0.4 is 5.32 Å². The zero-order valence-electron chi connectivity index (χ0n) is 11.4. The second-order valence-corrected chi connectivity index (χ2v) is 6.18. The highest BCUT2D eigenvalue weighted by atomic mass is 35.5. The van der Waals surface area contributed by atoms with Gasteiger partial charge in [0.1, 0.15) is 5.82 Å². The van der Waals surface area contributed by atoms with Crippen molar-refractivity contribution in [2.45, 2.75) is 45.2 Å². The van der Waals surface area contributed by atoms with Crippen molar-refractivity contribution >= 4 is 17.4 Å².